The third kappa shape index (κ3) is 3.21. The van der Waals surface area contributed by atoms with Gasteiger partial charge in [-0.3, -0.25) is 4.79 Å². The van der Waals surface area contributed by atoms with E-state index in [4.69, 9.17) is 4.74 Å². The fraction of sp³-hybridized carbons (Fsp3) is 0.588. The molecule has 1 fully saturated rings. The number of para-hydroxylation sites is 2. The molecule has 1 amide bonds. The zero-order valence-electron chi connectivity index (χ0n) is 13.3. The lowest BCUT2D eigenvalue weighted by molar-refractivity contribution is -0.130. The van der Waals surface area contributed by atoms with Crippen molar-refractivity contribution in [3.63, 3.8) is 0 Å². The second-order valence-corrected chi connectivity index (χ2v) is 5.82. The van der Waals surface area contributed by atoms with Crippen LogP contribution in [0.2, 0.25) is 0 Å². The number of anilines is 1. The highest BCUT2D eigenvalue weighted by molar-refractivity contribution is 5.98. The van der Waals surface area contributed by atoms with Crippen molar-refractivity contribution in [1.29, 1.82) is 0 Å². The molecule has 4 heteroatoms. The SMILES string of the molecule is CCCC1(C(=O)N(C)c2ccccc2OC)CCNCC1. The lowest BCUT2D eigenvalue weighted by Gasteiger charge is -2.39. The number of nitrogens with one attached hydrogen (secondary N) is 1. The summed E-state index contributed by atoms with van der Waals surface area (Å²) in [5, 5.41) is 3.36. The van der Waals surface area contributed by atoms with Crippen molar-refractivity contribution < 1.29 is 9.53 Å². The predicted octanol–water partition coefficient (Wildman–Crippen LogP) is 2.83. The molecular weight excluding hydrogens is 264 g/mol. The Hall–Kier alpha value is -1.55. The number of amides is 1. The summed E-state index contributed by atoms with van der Waals surface area (Å²) in [6.07, 6.45) is 3.82. The number of ether oxygens (including phenoxy) is 1. The molecule has 0 unspecified atom stereocenters. The lowest BCUT2D eigenvalue weighted by atomic mass is 9.74. The number of hydrogen-bond acceptors (Lipinski definition) is 3. The topological polar surface area (TPSA) is 41.6 Å². The Labute approximate surface area is 127 Å². The van der Waals surface area contributed by atoms with E-state index in [1.165, 1.54) is 0 Å². The van der Waals surface area contributed by atoms with Crippen LogP contribution in [0, 0.1) is 5.41 Å². The Morgan fingerprint density at radius 3 is 2.62 bits per heavy atom. The summed E-state index contributed by atoms with van der Waals surface area (Å²) in [4.78, 5) is 14.9. The predicted molar refractivity (Wildman–Crippen MR) is 85.8 cm³/mol. The van der Waals surface area contributed by atoms with Crippen molar-refractivity contribution in [3.05, 3.63) is 24.3 Å². The van der Waals surface area contributed by atoms with E-state index in [2.05, 4.69) is 12.2 Å². The number of carbonyl (C=O) groups excluding carboxylic acids is 1. The average Bonchev–Trinajstić information content (AvgIpc) is 2.54. The van der Waals surface area contributed by atoms with Crippen LogP contribution in [-0.2, 0) is 4.79 Å². The Kier molecular flexibility index (Phi) is 5.23. The first-order valence-corrected chi connectivity index (χ1v) is 7.76. The molecular formula is C17H26N2O2. The van der Waals surface area contributed by atoms with Crippen LogP contribution in [0.25, 0.3) is 0 Å². The lowest BCUT2D eigenvalue weighted by Crippen LogP contribution is -2.48. The smallest absolute Gasteiger partial charge is 0.233 e. The van der Waals surface area contributed by atoms with Gasteiger partial charge in [-0.05, 0) is 44.5 Å². The maximum absolute atomic E-state index is 13.1. The Bertz CT molecular complexity index is 476. The number of piperidine rings is 1. The molecule has 0 saturated carbocycles. The molecule has 21 heavy (non-hydrogen) atoms. The van der Waals surface area contributed by atoms with E-state index in [0.29, 0.717) is 0 Å². The van der Waals surface area contributed by atoms with Crippen molar-refractivity contribution in [3.8, 4) is 5.75 Å². The molecule has 0 aromatic heterocycles. The second-order valence-electron chi connectivity index (χ2n) is 5.82. The first-order chi connectivity index (χ1) is 10.1. The monoisotopic (exact) mass is 290 g/mol. The molecule has 1 aromatic carbocycles. The van der Waals surface area contributed by atoms with Crippen LogP contribution in [0.5, 0.6) is 5.75 Å². The molecule has 0 bridgehead atoms. The van der Waals surface area contributed by atoms with Gasteiger partial charge >= 0.3 is 0 Å². The number of rotatable bonds is 5. The average molecular weight is 290 g/mol. The largest absolute Gasteiger partial charge is 0.495 e. The van der Waals surface area contributed by atoms with E-state index in [1.807, 2.05) is 31.3 Å². The standard InChI is InChI=1S/C17H26N2O2/c1-4-9-17(10-12-18-13-11-17)16(20)19(2)14-7-5-6-8-15(14)21-3/h5-8,18H,4,9-13H2,1-3H3. The van der Waals surface area contributed by atoms with Gasteiger partial charge in [-0.15, -0.1) is 0 Å². The first-order valence-electron chi connectivity index (χ1n) is 7.76. The highest BCUT2D eigenvalue weighted by Crippen LogP contribution is 2.38. The molecule has 1 aromatic rings. The van der Waals surface area contributed by atoms with Crippen LogP contribution in [0.15, 0.2) is 24.3 Å². The number of benzene rings is 1. The number of methoxy groups -OCH3 is 1. The maximum Gasteiger partial charge on any atom is 0.233 e. The van der Waals surface area contributed by atoms with Gasteiger partial charge in [0.05, 0.1) is 18.2 Å². The first kappa shape index (κ1) is 15.8. The van der Waals surface area contributed by atoms with E-state index in [0.717, 1.165) is 50.2 Å². The van der Waals surface area contributed by atoms with Crippen LogP contribution in [0.3, 0.4) is 0 Å². The summed E-state index contributed by atoms with van der Waals surface area (Å²) >= 11 is 0. The summed E-state index contributed by atoms with van der Waals surface area (Å²) in [6, 6.07) is 7.70. The highest BCUT2D eigenvalue weighted by atomic mass is 16.5. The van der Waals surface area contributed by atoms with E-state index in [1.54, 1.807) is 12.0 Å². The van der Waals surface area contributed by atoms with Gasteiger partial charge in [0.1, 0.15) is 5.75 Å². The van der Waals surface area contributed by atoms with Gasteiger partial charge in [0.2, 0.25) is 5.91 Å². The quantitative estimate of drug-likeness (QED) is 0.906. The van der Waals surface area contributed by atoms with Crippen LogP contribution < -0.4 is 15.0 Å². The van der Waals surface area contributed by atoms with E-state index in [-0.39, 0.29) is 11.3 Å². The Morgan fingerprint density at radius 1 is 1.33 bits per heavy atom. The zero-order valence-corrected chi connectivity index (χ0v) is 13.3. The minimum atomic E-state index is -0.227. The summed E-state index contributed by atoms with van der Waals surface area (Å²) in [7, 11) is 3.50. The van der Waals surface area contributed by atoms with Gasteiger partial charge in [0, 0.05) is 7.05 Å². The van der Waals surface area contributed by atoms with Crippen molar-refractivity contribution in [2.24, 2.45) is 5.41 Å². The minimum Gasteiger partial charge on any atom is -0.495 e. The van der Waals surface area contributed by atoms with Gasteiger partial charge in [0.15, 0.2) is 0 Å². The fourth-order valence-corrected chi connectivity index (χ4v) is 3.33. The van der Waals surface area contributed by atoms with Crippen LogP contribution in [0.1, 0.15) is 32.6 Å². The normalized spacial score (nSPS) is 17.3. The van der Waals surface area contributed by atoms with Gasteiger partial charge < -0.3 is 15.0 Å². The molecule has 0 atom stereocenters. The third-order valence-corrected chi connectivity index (χ3v) is 4.49. The molecule has 1 aliphatic heterocycles. The van der Waals surface area contributed by atoms with Crippen LogP contribution in [-0.4, -0.2) is 33.2 Å². The molecule has 1 aliphatic rings. The zero-order chi connectivity index (χ0) is 15.3. The molecule has 4 nitrogen and oxygen atoms in total. The van der Waals surface area contributed by atoms with Gasteiger partial charge in [-0.25, -0.2) is 0 Å². The number of carbonyl (C=O) groups is 1. The maximum atomic E-state index is 13.1. The van der Waals surface area contributed by atoms with Crippen molar-refractivity contribution >= 4 is 11.6 Å². The van der Waals surface area contributed by atoms with Gasteiger partial charge in [0.25, 0.3) is 0 Å². The summed E-state index contributed by atoms with van der Waals surface area (Å²) in [5.74, 6) is 0.962. The van der Waals surface area contributed by atoms with Crippen molar-refractivity contribution in [1.82, 2.24) is 5.32 Å². The molecule has 0 radical (unpaired) electrons. The van der Waals surface area contributed by atoms with E-state index < -0.39 is 0 Å². The molecule has 1 N–H and O–H groups in total. The number of hydrogen-bond donors (Lipinski definition) is 1. The summed E-state index contributed by atoms with van der Waals surface area (Å²) in [6.45, 7) is 4.00. The molecule has 1 heterocycles. The van der Waals surface area contributed by atoms with Crippen LogP contribution >= 0.6 is 0 Å². The summed E-state index contributed by atoms with van der Waals surface area (Å²) in [5.41, 5.74) is 0.620. The fourth-order valence-electron chi connectivity index (χ4n) is 3.33. The molecule has 2 rings (SSSR count). The molecule has 0 spiro atoms. The number of nitrogens with zero attached hydrogens (tertiary/aromatic N) is 1. The van der Waals surface area contributed by atoms with E-state index in [9.17, 15) is 4.79 Å². The third-order valence-electron chi connectivity index (χ3n) is 4.49. The van der Waals surface area contributed by atoms with Gasteiger partial charge in [-0.1, -0.05) is 25.5 Å². The molecule has 1 saturated heterocycles. The Morgan fingerprint density at radius 2 is 2.00 bits per heavy atom. The van der Waals surface area contributed by atoms with E-state index >= 15 is 0 Å². The second kappa shape index (κ2) is 6.94. The summed E-state index contributed by atoms with van der Waals surface area (Å²) < 4.78 is 5.39. The van der Waals surface area contributed by atoms with Crippen molar-refractivity contribution in [2.75, 3.05) is 32.1 Å². The minimum absolute atomic E-state index is 0.218. The van der Waals surface area contributed by atoms with Crippen molar-refractivity contribution in [2.45, 2.75) is 32.6 Å². The van der Waals surface area contributed by atoms with Gasteiger partial charge in [-0.2, -0.15) is 0 Å². The molecule has 116 valence electrons. The Balaban J connectivity index is 2.27. The highest BCUT2D eigenvalue weighted by Gasteiger charge is 2.41. The van der Waals surface area contributed by atoms with Crippen LogP contribution in [0.4, 0.5) is 5.69 Å². The molecule has 0 aliphatic carbocycles.